The first-order chi connectivity index (χ1) is 19.6. The van der Waals surface area contributed by atoms with Crippen LogP contribution in [0.4, 0.5) is 5.00 Å². The molecule has 8 nitrogen and oxygen atoms in total. The molecule has 5 rings (SSSR count). The average Bonchev–Trinajstić information content (AvgIpc) is 3.60. The van der Waals surface area contributed by atoms with Gasteiger partial charge in [0.05, 0.1) is 12.4 Å². The third kappa shape index (κ3) is 6.41. The monoisotopic (exact) mass is 570 g/mol. The van der Waals surface area contributed by atoms with Crippen LogP contribution in [0.25, 0.3) is 16.8 Å². The van der Waals surface area contributed by atoms with Crippen molar-refractivity contribution in [2.45, 2.75) is 18.7 Å². The lowest BCUT2D eigenvalue weighted by Gasteiger charge is -2.11. The molecule has 1 N–H and O–H groups in total. The Hall–Kier alpha value is -4.41. The number of thioether (sulfide) groups is 1. The van der Waals surface area contributed by atoms with Crippen LogP contribution in [0.15, 0.2) is 102 Å². The number of esters is 1. The minimum absolute atomic E-state index is 0.0609. The highest BCUT2D eigenvalue weighted by Gasteiger charge is 2.23. The Kier molecular flexibility index (Phi) is 8.89. The van der Waals surface area contributed by atoms with Gasteiger partial charge >= 0.3 is 5.97 Å². The van der Waals surface area contributed by atoms with Gasteiger partial charge < -0.3 is 14.8 Å². The lowest BCUT2D eigenvalue weighted by Crippen LogP contribution is -2.17. The highest BCUT2D eigenvalue weighted by atomic mass is 32.2. The number of para-hydroxylation sites is 2. The third-order valence-corrected chi connectivity index (χ3v) is 7.59. The molecule has 0 aliphatic heterocycles. The molecule has 202 valence electrons. The fraction of sp³-hybridized carbons (Fsp3) is 0.133. The summed E-state index contributed by atoms with van der Waals surface area (Å²) in [5.41, 5.74) is 2.80. The largest absolute Gasteiger partial charge is 0.486 e. The number of rotatable bonds is 11. The summed E-state index contributed by atoms with van der Waals surface area (Å²) >= 11 is 2.54. The summed E-state index contributed by atoms with van der Waals surface area (Å²) in [6.07, 6.45) is 0. The summed E-state index contributed by atoms with van der Waals surface area (Å²) in [6, 6.07) is 28.7. The van der Waals surface area contributed by atoms with Gasteiger partial charge in [0.1, 0.15) is 22.9 Å². The predicted molar refractivity (Wildman–Crippen MR) is 157 cm³/mol. The summed E-state index contributed by atoms with van der Waals surface area (Å²) in [4.78, 5) is 25.9. The topological polar surface area (TPSA) is 95.3 Å². The normalized spacial score (nSPS) is 10.7. The van der Waals surface area contributed by atoms with Crippen LogP contribution in [0.1, 0.15) is 23.1 Å². The average molecular weight is 571 g/mol. The maximum atomic E-state index is 13.1. The molecule has 3 aromatic carbocycles. The summed E-state index contributed by atoms with van der Waals surface area (Å²) < 4.78 is 13.1. The van der Waals surface area contributed by atoms with Crippen LogP contribution in [-0.4, -0.2) is 39.0 Å². The van der Waals surface area contributed by atoms with E-state index in [1.54, 1.807) is 6.92 Å². The summed E-state index contributed by atoms with van der Waals surface area (Å²) in [7, 11) is 0. The van der Waals surface area contributed by atoms with E-state index < -0.39 is 5.97 Å². The van der Waals surface area contributed by atoms with Crippen LogP contribution >= 0.6 is 23.1 Å². The number of amides is 1. The van der Waals surface area contributed by atoms with Crippen LogP contribution in [0.3, 0.4) is 0 Å². The second kappa shape index (κ2) is 13.1. The molecule has 0 saturated heterocycles. The Morgan fingerprint density at radius 1 is 0.925 bits per heavy atom. The molecular weight excluding hydrogens is 544 g/mol. The van der Waals surface area contributed by atoms with Crippen LogP contribution in [0, 0.1) is 0 Å². The molecule has 0 saturated carbocycles. The number of nitrogens with one attached hydrogen (secondary N) is 1. The number of anilines is 1. The summed E-state index contributed by atoms with van der Waals surface area (Å²) in [6.45, 7) is 2.19. The van der Waals surface area contributed by atoms with Gasteiger partial charge in [0, 0.05) is 16.6 Å². The Labute approximate surface area is 240 Å². The van der Waals surface area contributed by atoms with Gasteiger partial charge in [-0.15, -0.1) is 21.5 Å². The minimum atomic E-state index is -0.475. The Morgan fingerprint density at radius 3 is 2.30 bits per heavy atom. The molecule has 0 aliphatic rings. The number of hydrogen-bond donors (Lipinski definition) is 1. The lowest BCUT2D eigenvalue weighted by molar-refractivity contribution is -0.113. The highest BCUT2D eigenvalue weighted by Crippen LogP contribution is 2.36. The molecule has 0 spiro atoms. The van der Waals surface area contributed by atoms with Crippen molar-refractivity contribution in [3.8, 4) is 22.6 Å². The fourth-order valence-corrected chi connectivity index (χ4v) is 5.71. The van der Waals surface area contributed by atoms with Gasteiger partial charge in [0.15, 0.2) is 11.0 Å². The molecule has 0 radical (unpaired) electrons. The van der Waals surface area contributed by atoms with E-state index >= 15 is 0 Å². The van der Waals surface area contributed by atoms with Gasteiger partial charge in [-0.1, -0.05) is 78.5 Å². The zero-order valence-electron chi connectivity index (χ0n) is 21.7. The zero-order valence-corrected chi connectivity index (χ0v) is 23.3. The number of benzene rings is 3. The van der Waals surface area contributed by atoms with Crippen LogP contribution < -0.4 is 10.1 Å². The molecule has 10 heteroatoms. The van der Waals surface area contributed by atoms with E-state index in [1.165, 1.54) is 23.1 Å². The molecular formula is C30H26N4O4S2. The molecule has 0 fully saturated rings. The second-order valence-electron chi connectivity index (χ2n) is 8.45. The van der Waals surface area contributed by atoms with E-state index in [4.69, 9.17) is 9.47 Å². The molecule has 1 amide bonds. The number of hydrogen-bond acceptors (Lipinski definition) is 8. The van der Waals surface area contributed by atoms with Crippen molar-refractivity contribution in [1.82, 2.24) is 14.8 Å². The Balaban J connectivity index is 1.33. The highest BCUT2D eigenvalue weighted by molar-refractivity contribution is 7.99. The van der Waals surface area contributed by atoms with Crippen molar-refractivity contribution in [2.75, 3.05) is 17.7 Å². The van der Waals surface area contributed by atoms with Gasteiger partial charge in [-0.05, 0) is 36.8 Å². The zero-order chi connectivity index (χ0) is 27.7. The van der Waals surface area contributed by atoms with E-state index in [9.17, 15) is 9.59 Å². The molecule has 5 aromatic rings. The van der Waals surface area contributed by atoms with Crippen LogP contribution in [0.5, 0.6) is 5.75 Å². The number of thiophene rings is 1. The molecule has 40 heavy (non-hydrogen) atoms. The number of carbonyl (C=O) groups is 2. The first-order valence-corrected chi connectivity index (χ1v) is 14.4. The first-order valence-electron chi connectivity index (χ1n) is 12.6. The van der Waals surface area contributed by atoms with Crippen molar-refractivity contribution in [1.29, 1.82) is 0 Å². The molecule has 0 bridgehead atoms. The van der Waals surface area contributed by atoms with Crippen molar-refractivity contribution in [3.05, 3.63) is 108 Å². The predicted octanol–water partition coefficient (Wildman–Crippen LogP) is 6.48. The number of nitrogens with zero attached hydrogens (tertiary/aromatic N) is 3. The SMILES string of the molecule is CCOC(=O)c1c(-c2ccccc2)csc1NC(=O)CSc1nnc(COc2ccccc2)n1-c1ccccc1. The summed E-state index contributed by atoms with van der Waals surface area (Å²) in [5, 5.41) is 14.4. The molecule has 0 unspecified atom stereocenters. The summed E-state index contributed by atoms with van der Waals surface area (Å²) in [5.74, 6) is 0.639. The maximum absolute atomic E-state index is 13.1. The van der Waals surface area contributed by atoms with E-state index in [1.807, 2.05) is 101 Å². The number of carbonyl (C=O) groups excluding carboxylic acids is 2. The van der Waals surface area contributed by atoms with Crippen molar-refractivity contribution >= 4 is 40.0 Å². The lowest BCUT2D eigenvalue weighted by atomic mass is 10.0. The van der Waals surface area contributed by atoms with Gasteiger partial charge in [0.25, 0.3) is 0 Å². The quantitative estimate of drug-likeness (QED) is 0.143. The van der Waals surface area contributed by atoms with Gasteiger partial charge in [-0.3, -0.25) is 9.36 Å². The van der Waals surface area contributed by atoms with Gasteiger partial charge in [0.2, 0.25) is 5.91 Å². The van der Waals surface area contributed by atoms with E-state index in [0.29, 0.717) is 21.5 Å². The molecule has 0 atom stereocenters. The second-order valence-corrected chi connectivity index (χ2v) is 10.3. The Morgan fingerprint density at radius 2 is 1.60 bits per heavy atom. The number of aromatic nitrogens is 3. The van der Waals surface area contributed by atoms with Gasteiger partial charge in [-0.2, -0.15) is 0 Å². The third-order valence-electron chi connectivity index (χ3n) is 5.77. The van der Waals surface area contributed by atoms with E-state index in [2.05, 4.69) is 15.5 Å². The van der Waals surface area contributed by atoms with Crippen molar-refractivity contribution < 1.29 is 19.1 Å². The molecule has 2 heterocycles. The van der Waals surface area contributed by atoms with Gasteiger partial charge in [-0.25, -0.2) is 4.79 Å². The van der Waals surface area contributed by atoms with Crippen molar-refractivity contribution in [3.63, 3.8) is 0 Å². The first kappa shape index (κ1) is 27.2. The van der Waals surface area contributed by atoms with Crippen LogP contribution in [0.2, 0.25) is 0 Å². The smallest absolute Gasteiger partial charge is 0.341 e. The molecule has 0 aliphatic carbocycles. The minimum Gasteiger partial charge on any atom is -0.486 e. The van der Waals surface area contributed by atoms with E-state index in [-0.39, 0.29) is 24.9 Å². The standard InChI is InChI=1S/C30H26N4O4S2/c1-2-37-29(36)27-24(21-12-6-3-7-13-21)19-39-28(27)31-26(35)20-40-30-33-32-25(18-38-23-16-10-5-11-17-23)34(30)22-14-8-4-9-15-22/h3-17,19H,2,18,20H2,1H3,(H,31,35). The van der Waals surface area contributed by atoms with Crippen molar-refractivity contribution in [2.24, 2.45) is 0 Å². The number of ether oxygens (including phenoxy) is 2. The van der Waals surface area contributed by atoms with Crippen LogP contribution in [-0.2, 0) is 16.1 Å². The molecule has 2 aromatic heterocycles. The maximum Gasteiger partial charge on any atom is 0.341 e. The fourth-order valence-electron chi connectivity index (χ4n) is 3.97. The van der Waals surface area contributed by atoms with E-state index in [0.717, 1.165) is 22.6 Å². The Bertz CT molecular complexity index is 1570.